The smallest absolute Gasteiger partial charge is 0.257 e. The first-order valence-corrected chi connectivity index (χ1v) is 12.6. The molecule has 0 unspecified atom stereocenters. The number of rotatable bonds is 7. The number of carbonyl (C=O) groups excluding carboxylic acids is 1. The van der Waals surface area contributed by atoms with Crippen LogP contribution in [-0.4, -0.2) is 72.4 Å². The second kappa shape index (κ2) is 10.2. The van der Waals surface area contributed by atoms with Crippen molar-refractivity contribution in [2.75, 3.05) is 53.2 Å². The van der Waals surface area contributed by atoms with Gasteiger partial charge in [0.2, 0.25) is 10.0 Å². The van der Waals surface area contributed by atoms with Crippen molar-refractivity contribution in [3.8, 4) is 5.75 Å². The monoisotopic (exact) mass is 474 g/mol. The molecule has 2 fully saturated rings. The molecule has 2 heterocycles. The number of ether oxygens (including phenoxy) is 3. The van der Waals surface area contributed by atoms with Gasteiger partial charge in [0.15, 0.2) is 0 Å². The summed E-state index contributed by atoms with van der Waals surface area (Å²) in [6.45, 7) is 3.24. The van der Waals surface area contributed by atoms with Crippen LogP contribution in [0.1, 0.15) is 28.8 Å². The summed E-state index contributed by atoms with van der Waals surface area (Å²) in [5.74, 6) is 0.0769. The van der Waals surface area contributed by atoms with Crippen LogP contribution in [0.5, 0.6) is 5.75 Å². The Bertz CT molecular complexity index is 1060. The zero-order chi connectivity index (χ0) is 23.3. The SMILES string of the molecule is COc1ccc(S(=O)(=O)NCC2(c3ccccc3)CCOCC2)cc1C(=O)N1CCOCC1. The van der Waals surface area contributed by atoms with Crippen molar-refractivity contribution in [2.45, 2.75) is 23.2 Å². The van der Waals surface area contributed by atoms with E-state index < -0.39 is 10.0 Å². The molecule has 0 bridgehead atoms. The fourth-order valence-electron chi connectivity index (χ4n) is 4.40. The summed E-state index contributed by atoms with van der Waals surface area (Å²) in [4.78, 5) is 14.7. The molecule has 2 aromatic rings. The third-order valence-corrected chi connectivity index (χ3v) is 7.85. The lowest BCUT2D eigenvalue weighted by Crippen LogP contribution is -2.44. The van der Waals surface area contributed by atoms with E-state index in [9.17, 15) is 13.2 Å². The van der Waals surface area contributed by atoms with E-state index in [2.05, 4.69) is 4.72 Å². The van der Waals surface area contributed by atoms with E-state index in [1.54, 1.807) is 4.90 Å². The first-order chi connectivity index (χ1) is 16.0. The predicted molar refractivity (Wildman–Crippen MR) is 123 cm³/mol. The largest absolute Gasteiger partial charge is 0.496 e. The number of morpholine rings is 1. The van der Waals surface area contributed by atoms with E-state index in [1.807, 2.05) is 30.3 Å². The van der Waals surface area contributed by atoms with Crippen molar-refractivity contribution in [1.29, 1.82) is 0 Å². The highest BCUT2D eigenvalue weighted by Crippen LogP contribution is 2.35. The maximum Gasteiger partial charge on any atom is 0.257 e. The van der Waals surface area contributed by atoms with Gasteiger partial charge in [-0.25, -0.2) is 13.1 Å². The summed E-state index contributed by atoms with van der Waals surface area (Å²) < 4.78 is 45.5. The van der Waals surface area contributed by atoms with Crippen LogP contribution in [0.4, 0.5) is 0 Å². The van der Waals surface area contributed by atoms with E-state index in [1.165, 1.54) is 25.3 Å². The van der Waals surface area contributed by atoms with E-state index in [0.29, 0.717) is 45.3 Å². The number of nitrogens with zero attached hydrogens (tertiary/aromatic N) is 1. The molecule has 2 aliphatic rings. The van der Waals surface area contributed by atoms with Crippen LogP contribution < -0.4 is 9.46 Å². The molecule has 2 aliphatic heterocycles. The van der Waals surface area contributed by atoms with E-state index in [4.69, 9.17) is 14.2 Å². The molecule has 0 aliphatic carbocycles. The molecular weight excluding hydrogens is 444 g/mol. The van der Waals surface area contributed by atoms with Gasteiger partial charge >= 0.3 is 0 Å². The van der Waals surface area contributed by atoms with Crippen molar-refractivity contribution in [2.24, 2.45) is 0 Å². The lowest BCUT2D eigenvalue weighted by molar-refractivity contribution is 0.0300. The number of hydrogen-bond donors (Lipinski definition) is 1. The Kier molecular flexibility index (Phi) is 7.33. The predicted octanol–water partition coefficient (Wildman–Crippen LogP) is 2.19. The van der Waals surface area contributed by atoms with Gasteiger partial charge in [0.1, 0.15) is 5.75 Å². The van der Waals surface area contributed by atoms with Crippen LogP contribution >= 0.6 is 0 Å². The molecule has 1 N–H and O–H groups in total. The van der Waals surface area contributed by atoms with Gasteiger partial charge in [-0.3, -0.25) is 4.79 Å². The minimum absolute atomic E-state index is 0.0372. The summed E-state index contributed by atoms with van der Waals surface area (Å²) >= 11 is 0. The van der Waals surface area contributed by atoms with Crippen molar-refractivity contribution in [3.05, 3.63) is 59.7 Å². The number of hydrogen-bond acceptors (Lipinski definition) is 6. The fraction of sp³-hybridized carbons (Fsp3) is 0.458. The van der Waals surface area contributed by atoms with Gasteiger partial charge in [-0.1, -0.05) is 30.3 Å². The Hall–Kier alpha value is -2.46. The topological polar surface area (TPSA) is 94.2 Å². The number of benzene rings is 2. The Morgan fingerprint density at radius 2 is 1.70 bits per heavy atom. The fourth-order valence-corrected chi connectivity index (χ4v) is 5.55. The number of nitrogens with one attached hydrogen (secondary N) is 1. The molecule has 0 saturated carbocycles. The lowest BCUT2D eigenvalue weighted by atomic mass is 9.74. The molecule has 0 spiro atoms. The Morgan fingerprint density at radius 1 is 1.03 bits per heavy atom. The van der Waals surface area contributed by atoms with Crippen molar-refractivity contribution >= 4 is 15.9 Å². The standard InChI is InChI=1S/C24H30N2O6S/c1-30-22-8-7-20(17-21(22)23(27)26-11-15-32-16-12-26)33(28,29)25-18-24(9-13-31-14-10-24)19-5-3-2-4-6-19/h2-8,17,25H,9-16,18H2,1H3. The summed E-state index contributed by atoms with van der Waals surface area (Å²) in [5.41, 5.74) is 0.978. The van der Waals surface area contributed by atoms with Crippen LogP contribution in [0.15, 0.2) is 53.4 Å². The van der Waals surface area contributed by atoms with E-state index in [0.717, 1.165) is 18.4 Å². The van der Waals surface area contributed by atoms with Gasteiger partial charge in [-0.2, -0.15) is 0 Å². The third-order valence-electron chi connectivity index (χ3n) is 6.45. The highest BCUT2D eigenvalue weighted by Gasteiger charge is 2.36. The van der Waals surface area contributed by atoms with E-state index >= 15 is 0 Å². The van der Waals surface area contributed by atoms with Gasteiger partial charge in [-0.05, 0) is 36.6 Å². The van der Waals surface area contributed by atoms with Crippen LogP contribution in [-0.2, 0) is 24.9 Å². The van der Waals surface area contributed by atoms with Crippen molar-refractivity contribution in [3.63, 3.8) is 0 Å². The van der Waals surface area contributed by atoms with E-state index in [-0.39, 0.29) is 28.3 Å². The number of methoxy groups -OCH3 is 1. The van der Waals surface area contributed by atoms with Gasteiger partial charge in [0, 0.05) is 38.3 Å². The van der Waals surface area contributed by atoms with Gasteiger partial charge < -0.3 is 19.1 Å². The number of amides is 1. The van der Waals surface area contributed by atoms with Crippen LogP contribution in [0, 0.1) is 0 Å². The molecule has 0 aromatic heterocycles. The zero-order valence-electron chi connectivity index (χ0n) is 18.8. The quantitative estimate of drug-likeness (QED) is 0.661. The number of sulfonamides is 1. The summed E-state index contributed by atoms with van der Waals surface area (Å²) in [5, 5.41) is 0. The van der Waals surface area contributed by atoms with Crippen LogP contribution in [0.3, 0.4) is 0 Å². The molecule has 0 atom stereocenters. The lowest BCUT2D eigenvalue weighted by Gasteiger charge is -2.37. The summed E-state index contributed by atoms with van der Waals surface area (Å²) in [6.07, 6.45) is 1.45. The minimum atomic E-state index is -3.86. The molecular formula is C24H30N2O6S. The van der Waals surface area contributed by atoms with Gasteiger partial charge in [0.25, 0.3) is 5.91 Å². The third kappa shape index (κ3) is 5.22. The maximum atomic E-state index is 13.3. The number of carbonyl (C=O) groups is 1. The van der Waals surface area contributed by atoms with Crippen molar-refractivity contribution < 1.29 is 27.4 Å². The van der Waals surface area contributed by atoms with Crippen LogP contribution in [0.25, 0.3) is 0 Å². The average Bonchev–Trinajstić information content (AvgIpc) is 2.88. The maximum absolute atomic E-state index is 13.3. The second-order valence-electron chi connectivity index (χ2n) is 8.35. The molecule has 9 heteroatoms. The second-order valence-corrected chi connectivity index (χ2v) is 10.1. The van der Waals surface area contributed by atoms with Gasteiger partial charge in [0.05, 0.1) is 30.8 Å². The summed E-state index contributed by atoms with van der Waals surface area (Å²) in [7, 11) is -2.39. The van der Waals surface area contributed by atoms with Crippen molar-refractivity contribution in [1.82, 2.24) is 9.62 Å². The molecule has 2 saturated heterocycles. The molecule has 8 nitrogen and oxygen atoms in total. The molecule has 4 rings (SSSR count). The molecule has 33 heavy (non-hydrogen) atoms. The molecule has 0 radical (unpaired) electrons. The summed E-state index contributed by atoms with van der Waals surface area (Å²) in [6, 6.07) is 14.4. The highest BCUT2D eigenvalue weighted by molar-refractivity contribution is 7.89. The van der Waals surface area contributed by atoms with Crippen LogP contribution in [0.2, 0.25) is 0 Å². The normalized spacial score (nSPS) is 18.6. The first kappa shape index (κ1) is 23.7. The first-order valence-electron chi connectivity index (χ1n) is 11.1. The Balaban J connectivity index is 1.58. The molecule has 2 aromatic carbocycles. The molecule has 178 valence electrons. The Morgan fingerprint density at radius 3 is 2.36 bits per heavy atom. The molecule has 1 amide bonds. The Labute approximate surface area is 194 Å². The highest BCUT2D eigenvalue weighted by atomic mass is 32.2. The minimum Gasteiger partial charge on any atom is -0.496 e. The average molecular weight is 475 g/mol. The zero-order valence-corrected chi connectivity index (χ0v) is 19.6. The van der Waals surface area contributed by atoms with Gasteiger partial charge in [-0.15, -0.1) is 0 Å².